The van der Waals surface area contributed by atoms with E-state index in [4.69, 9.17) is 9.47 Å². The summed E-state index contributed by atoms with van der Waals surface area (Å²) in [6.45, 7) is 2.07. The van der Waals surface area contributed by atoms with Crippen molar-refractivity contribution in [1.29, 1.82) is 0 Å². The predicted molar refractivity (Wildman–Crippen MR) is 100 cm³/mol. The fourth-order valence-corrected chi connectivity index (χ4v) is 2.99. The SMILES string of the molecule is COC(=O)C1=C(C)N(Cc2cccnc2)C(=O)C1=Cc1cccc(OC)c1. The van der Waals surface area contributed by atoms with Crippen LogP contribution in [0, 0.1) is 0 Å². The largest absolute Gasteiger partial charge is 0.497 e. The van der Waals surface area contributed by atoms with Crippen molar-refractivity contribution < 1.29 is 19.1 Å². The second-order valence-electron chi connectivity index (χ2n) is 6.04. The highest BCUT2D eigenvalue weighted by molar-refractivity contribution is 6.16. The molecule has 0 N–H and O–H groups in total. The molecule has 3 rings (SSSR count). The summed E-state index contributed by atoms with van der Waals surface area (Å²) in [5.74, 6) is -0.120. The van der Waals surface area contributed by atoms with Crippen molar-refractivity contribution in [3.63, 3.8) is 0 Å². The fourth-order valence-electron chi connectivity index (χ4n) is 2.99. The number of methoxy groups -OCH3 is 2. The van der Waals surface area contributed by atoms with Gasteiger partial charge >= 0.3 is 5.97 Å². The summed E-state index contributed by atoms with van der Waals surface area (Å²) < 4.78 is 10.1. The number of hydrogen-bond acceptors (Lipinski definition) is 5. The van der Waals surface area contributed by atoms with Crippen LogP contribution in [0.1, 0.15) is 18.1 Å². The first-order valence-electron chi connectivity index (χ1n) is 8.41. The molecule has 1 aliphatic heterocycles. The Morgan fingerprint density at radius 1 is 1.22 bits per heavy atom. The van der Waals surface area contributed by atoms with Crippen molar-refractivity contribution in [2.45, 2.75) is 13.5 Å². The number of nitrogens with zero attached hydrogens (tertiary/aromatic N) is 2. The highest BCUT2D eigenvalue weighted by Gasteiger charge is 2.36. The van der Waals surface area contributed by atoms with E-state index in [1.165, 1.54) is 7.11 Å². The molecule has 0 atom stereocenters. The highest BCUT2D eigenvalue weighted by atomic mass is 16.5. The monoisotopic (exact) mass is 364 g/mol. The number of allylic oxidation sites excluding steroid dienone is 1. The van der Waals surface area contributed by atoms with Crippen molar-refractivity contribution in [1.82, 2.24) is 9.88 Å². The van der Waals surface area contributed by atoms with Crippen molar-refractivity contribution in [2.24, 2.45) is 0 Å². The molecule has 0 saturated carbocycles. The third-order valence-electron chi connectivity index (χ3n) is 4.37. The molecule has 0 bridgehead atoms. The van der Waals surface area contributed by atoms with E-state index in [0.717, 1.165) is 11.1 Å². The minimum Gasteiger partial charge on any atom is -0.497 e. The van der Waals surface area contributed by atoms with E-state index < -0.39 is 5.97 Å². The molecule has 6 heteroatoms. The van der Waals surface area contributed by atoms with Gasteiger partial charge in [-0.05, 0) is 42.3 Å². The molecule has 2 heterocycles. The quantitative estimate of drug-likeness (QED) is 0.603. The van der Waals surface area contributed by atoms with Gasteiger partial charge < -0.3 is 14.4 Å². The zero-order valence-electron chi connectivity index (χ0n) is 15.4. The maximum atomic E-state index is 13.1. The van der Waals surface area contributed by atoms with Gasteiger partial charge in [-0.1, -0.05) is 18.2 Å². The Hall–Kier alpha value is -3.41. The Morgan fingerprint density at radius 3 is 2.70 bits per heavy atom. The molecule has 0 fully saturated rings. The van der Waals surface area contributed by atoms with Crippen LogP contribution in [0.15, 0.2) is 65.6 Å². The minimum atomic E-state index is -0.538. The molecule has 0 spiro atoms. The van der Waals surface area contributed by atoms with Crippen molar-refractivity contribution in [3.05, 3.63) is 76.8 Å². The van der Waals surface area contributed by atoms with Gasteiger partial charge in [-0.25, -0.2) is 4.79 Å². The summed E-state index contributed by atoms with van der Waals surface area (Å²) in [6, 6.07) is 11.0. The van der Waals surface area contributed by atoms with Gasteiger partial charge in [0, 0.05) is 18.1 Å². The van der Waals surface area contributed by atoms with Crippen LogP contribution in [0.4, 0.5) is 0 Å². The number of ether oxygens (including phenoxy) is 2. The standard InChI is InChI=1S/C21H20N2O4/c1-14-19(21(25)27-3)18(11-15-6-4-8-17(10-15)26-2)20(24)23(14)13-16-7-5-9-22-12-16/h4-12H,13H2,1-3H3. The lowest BCUT2D eigenvalue weighted by molar-refractivity contribution is -0.136. The Labute approximate surface area is 157 Å². The molecule has 6 nitrogen and oxygen atoms in total. The Balaban J connectivity index is 2.03. The van der Waals surface area contributed by atoms with Crippen LogP contribution in [-0.4, -0.2) is 36.0 Å². The minimum absolute atomic E-state index is 0.250. The van der Waals surface area contributed by atoms with Gasteiger partial charge in [0.15, 0.2) is 0 Å². The van der Waals surface area contributed by atoms with Gasteiger partial charge in [0.25, 0.3) is 5.91 Å². The summed E-state index contributed by atoms with van der Waals surface area (Å²) in [4.78, 5) is 31.1. The third kappa shape index (κ3) is 3.74. The van der Waals surface area contributed by atoms with Gasteiger partial charge in [0.2, 0.25) is 0 Å². The molecule has 2 aromatic rings. The summed E-state index contributed by atoms with van der Waals surface area (Å²) in [7, 11) is 2.88. The highest BCUT2D eigenvalue weighted by Crippen LogP contribution is 2.33. The number of benzene rings is 1. The lowest BCUT2D eigenvalue weighted by atomic mass is 10.0. The number of rotatable bonds is 5. The fraction of sp³-hybridized carbons (Fsp3) is 0.190. The van der Waals surface area contributed by atoms with E-state index in [-0.39, 0.29) is 11.5 Å². The van der Waals surface area contributed by atoms with Crippen LogP contribution < -0.4 is 4.74 Å². The number of esters is 1. The van der Waals surface area contributed by atoms with E-state index in [1.807, 2.05) is 30.3 Å². The smallest absolute Gasteiger partial charge is 0.340 e. The number of carbonyl (C=O) groups excluding carboxylic acids is 2. The lowest BCUT2D eigenvalue weighted by Gasteiger charge is -2.17. The predicted octanol–water partition coefficient (Wildman–Crippen LogP) is 2.96. The summed E-state index contributed by atoms with van der Waals surface area (Å²) in [6.07, 6.45) is 5.05. The third-order valence-corrected chi connectivity index (χ3v) is 4.37. The van der Waals surface area contributed by atoms with Crippen molar-refractivity contribution in [3.8, 4) is 5.75 Å². The van der Waals surface area contributed by atoms with Gasteiger partial charge in [-0.15, -0.1) is 0 Å². The number of aromatic nitrogens is 1. The summed E-state index contributed by atoms with van der Waals surface area (Å²) >= 11 is 0. The second-order valence-corrected chi connectivity index (χ2v) is 6.04. The summed E-state index contributed by atoms with van der Waals surface area (Å²) in [5.41, 5.74) is 2.77. The molecule has 1 aromatic heterocycles. The molecule has 1 aliphatic rings. The van der Waals surface area contributed by atoms with Gasteiger partial charge in [-0.3, -0.25) is 9.78 Å². The van der Waals surface area contributed by atoms with Gasteiger partial charge in [0.1, 0.15) is 5.75 Å². The van der Waals surface area contributed by atoms with E-state index in [2.05, 4.69) is 4.98 Å². The Morgan fingerprint density at radius 2 is 2.04 bits per heavy atom. The van der Waals surface area contributed by atoms with Crippen molar-refractivity contribution in [2.75, 3.05) is 14.2 Å². The lowest BCUT2D eigenvalue weighted by Crippen LogP contribution is -2.24. The molecular formula is C21H20N2O4. The number of amides is 1. The van der Waals surface area contributed by atoms with E-state index >= 15 is 0 Å². The maximum Gasteiger partial charge on any atom is 0.340 e. The molecule has 138 valence electrons. The first-order valence-corrected chi connectivity index (χ1v) is 8.41. The first-order chi connectivity index (χ1) is 13.0. The van der Waals surface area contributed by atoms with Gasteiger partial charge in [0.05, 0.1) is 31.9 Å². The molecule has 1 aromatic carbocycles. The zero-order chi connectivity index (χ0) is 19.4. The zero-order valence-corrected chi connectivity index (χ0v) is 15.4. The normalized spacial score (nSPS) is 15.4. The van der Waals surface area contributed by atoms with Crippen LogP contribution in [0.5, 0.6) is 5.75 Å². The molecule has 0 saturated heterocycles. The Kier molecular flexibility index (Phi) is 5.35. The molecule has 27 heavy (non-hydrogen) atoms. The topological polar surface area (TPSA) is 68.7 Å². The summed E-state index contributed by atoms with van der Waals surface area (Å²) in [5, 5.41) is 0. The van der Waals surface area contributed by atoms with Gasteiger partial charge in [-0.2, -0.15) is 0 Å². The second kappa shape index (κ2) is 7.86. The van der Waals surface area contributed by atoms with Crippen LogP contribution >= 0.6 is 0 Å². The van der Waals surface area contributed by atoms with E-state index in [1.54, 1.807) is 43.5 Å². The average Bonchev–Trinajstić information content (AvgIpc) is 2.92. The number of pyridine rings is 1. The van der Waals surface area contributed by atoms with E-state index in [9.17, 15) is 9.59 Å². The van der Waals surface area contributed by atoms with Crippen LogP contribution in [0.2, 0.25) is 0 Å². The first kappa shape index (κ1) is 18.4. The number of carbonyl (C=O) groups is 2. The Bertz CT molecular complexity index is 932. The van der Waals surface area contributed by atoms with E-state index in [0.29, 0.717) is 23.6 Å². The maximum absolute atomic E-state index is 13.1. The average molecular weight is 364 g/mol. The molecule has 0 aliphatic carbocycles. The molecule has 1 amide bonds. The molecule has 0 unspecified atom stereocenters. The molecule has 0 radical (unpaired) electrons. The molecular weight excluding hydrogens is 344 g/mol. The van der Waals surface area contributed by atoms with Crippen LogP contribution in [0.25, 0.3) is 6.08 Å². The van der Waals surface area contributed by atoms with Crippen LogP contribution in [0.3, 0.4) is 0 Å². The van der Waals surface area contributed by atoms with Crippen LogP contribution in [-0.2, 0) is 20.9 Å². The van der Waals surface area contributed by atoms with Crippen molar-refractivity contribution >= 4 is 18.0 Å². The number of hydrogen-bond donors (Lipinski definition) is 0.